The van der Waals surface area contributed by atoms with E-state index in [0.29, 0.717) is 11.4 Å². The van der Waals surface area contributed by atoms with E-state index in [1.54, 1.807) is 0 Å². The molecule has 0 saturated heterocycles. The Balaban J connectivity index is 2.84. The van der Waals surface area contributed by atoms with Crippen molar-refractivity contribution >= 4 is 29.3 Å². The summed E-state index contributed by atoms with van der Waals surface area (Å²) >= 11 is 1.06. The van der Waals surface area contributed by atoms with Gasteiger partial charge in [-0.2, -0.15) is 0 Å². The van der Waals surface area contributed by atoms with E-state index in [-0.39, 0.29) is 22.9 Å². The van der Waals surface area contributed by atoms with Crippen LogP contribution < -0.4 is 5.32 Å². The molecule has 0 aromatic heterocycles. The van der Waals surface area contributed by atoms with Gasteiger partial charge >= 0.3 is 5.97 Å². The number of carbonyl (C=O) groups is 2. The molecule has 1 rings (SSSR count). The Morgan fingerprint density at radius 3 is 2.71 bits per heavy atom. The highest BCUT2D eigenvalue weighted by Crippen LogP contribution is 2.30. The highest BCUT2D eigenvalue weighted by Gasteiger charge is 2.19. The minimum Gasteiger partial charge on any atom is -0.465 e. The van der Waals surface area contributed by atoms with Crippen LogP contribution in [0.1, 0.15) is 23.7 Å². The second-order valence-corrected chi connectivity index (χ2v) is 5.09. The molecule has 0 atom stereocenters. The molecule has 0 aliphatic heterocycles. The van der Waals surface area contributed by atoms with Crippen LogP contribution in [0.3, 0.4) is 0 Å². The first-order valence-corrected chi connectivity index (χ1v) is 7.24. The molecule has 1 aromatic carbocycles. The predicted molar refractivity (Wildman–Crippen MR) is 78.5 cm³/mol. The smallest absolute Gasteiger partial charge is 0.338 e. The fraction of sp³-hybridized carbons (Fsp3) is 0.385. The first kappa shape index (κ1) is 17.0. The van der Waals surface area contributed by atoms with Gasteiger partial charge in [-0.25, -0.2) is 4.79 Å². The van der Waals surface area contributed by atoms with Gasteiger partial charge in [-0.3, -0.25) is 14.9 Å². The zero-order valence-electron chi connectivity index (χ0n) is 11.8. The Labute approximate surface area is 126 Å². The van der Waals surface area contributed by atoms with Crippen molar-refractivity contribution in [2.45, 2.75) is 18.2 Å². The average molecular weight is 312 g/mol. The third-order valence-electron chi connectivity index (χ3n) is 2.51. The summed E-state index contributed by atoms with van der Waals surface area (Å²) in [6.07, 6.45) is 0.824. The quantitative estimate of drug-likeness (QED) is 0.358. The lowest BCUT2D eigenvalue weighted by Gasteiger charge is -2.05. The van der Waals surface area contributed by atoms with Gasteiger partial charge in [-0.05, 0) is 18.6 Å². The molecule has 0 aliphatic rings. The molecule has 1 N–H and O–H groups in total. The fourth-order valence-electron chi connectivity index (χ4n) is 1.49. The largest absolute Gasteiger partial charge is 0.465 e. The molecular formula is C13H16N2O5S. The maximum absolute atomic E-state index is 11.5. The van der Waals surface area contributed by atoms with Crippen LogP contribution in [-0.4, -0.2) is 36.2 Å². The molecular weight excluding hydrogens is 296 g/mol. The second-order valence-electron chi connectivity index (χ2n) is 4.07. The average Bonchev–Trinajstić information content (AvgIpc) is 2.49. The number of esters is 1. The van der Waals surface area contributed by atoms with Crippen molar-refractivity contribution in [3.8, 4) is 0 Å². The number of nitro benzene ring substituents is 1. The summed E-state index contributed by atoms with van der Waals surface area (Å²) in [5.74, 6) is -0.748. The van der Waals surface area contributed by atoms with Crippen LogP contribution in [0.4, 0.5) is 5.69 Å². The third-order valence-corrected chi connectivity index (χ3v) is 3.57. The van der Waals surface area contributed by atoms with Gasteiger partial charge in [0.15, 0.2) is 0 Å². The Kier molecular flexibility index (Phi) is 6.67. The van der Waals surface area contributed by atoms with E-state index in [0.717, 1.165) is 24.2 Å². The summed E-state index contributed by atoms with van der Waals surface area (Å²) in [7, 11) is 1.20. The van der Waals surface area contributed by atoms with Gasteiger partial charge < -0.3 is 10.1 Å². The van der Waals surface area contributed by atoms with E-state index in [1.165, 1.54) is 19.2 Å². The lowest BCUT2D eigenvalue weighted by Crippen LogP contribution is -2.25. The molecule has 114 valence electrons. The lowest BCUT2D eigenvalue weighted by atomic mass is 10.2. The number of nitrogens with one attached hydrogen (secondary N) is 1. The normalized spacial score (nSPS) is 10.0. The number of hydrogen-bond donors (Lipinski definition) is 1. The van der Waals surface area contributed by atoms with E-state index in [2.05, 4.69) is 10.1 Å². The van der Waals surface area contributed by atoms with Crippen molar-refractivity contribution in [3.05, 3.63) is 33.9 Å². The van der Waals surface area contributed by atoms with Crippen LogP contribution in [0.15, 0.2) is 23.1 Å². The third kappa shape index (κ3) is 5.07. The minimum atomic E-state index is -0.643. The Morgan fingerprint density at radius 1 is 1.43 bits per heavy atom. The van der Waals surface area contributed by atoms with Gasteiger partial charge in [0.05, 0.1) is 28.2 Å². The monoisotopic (exact) mass is 312 g/mol. The Hall–Kier alpha value is -2.09. The van der Waals surface area contributed by atoms with Crippen LogP contribution in [0.25, 0.3) is 0 Å². The van der Waals surface area contributed by atoms with Gasteiger partial charge in [-0.1, -0.05) is 6.92 Å². The lowest BCUT2D eigenvalue weighted by molar-refractivity contribution is -0.387. The molecule has 0 saturated carbocycles. The topological polar surface area (TPSA) is 98.5 Å². The first-order chi connectivity index (χ1) is 9.99. The number of hydrogen-bond acceptors (Lipinski definition) is 6. The molecule has 0 unspecified atom stereocenters. The number of nitrogens with zero attached hydrogens (tertiary/aromatic N) is 1. The summed E-state index contributed by atoms with van der Waals surface area (Å²) in [5, 5.41) is 13.7. The molecule has 7 nitrogen and oxygen atoms in total. The summed E-state index contributed by atoms with van der Waals surface area (Å²) in [6.45, 7) is 2.51. The molecule has 8 heteroatoms. The first-order valence-electron chi connectivity index (χ1n) is 6.25. The minimum absolute atomic E-state index is 0.0818. The molecule has 0 bridgehead atoms. The van der Waals surface area contributed by atoms with E-state index in [9.17, 15) is 19.7 Å². The molecule has 0 heterocycles. The van der Waals surface area contributed by atoms with Crippen LogP contribution in [0, 0.1) is 10.1 Å². The van der Waals surface area contributed by atoms with E-state index >= 15 is 0 Å². The Bertz CT molecular complexity index is 547. The summed E-state index contributed by atoms with van der Waals surface area (Å²) < 4.78 is 4.52. The highest BCUT2D eigenvalue weighted by molar-refractivity contribution is 8.00. The van der Waals surface area contributed by atoms with Crippen molar-refractivity contribution in [2.75, 3.05) is 19.4 Å². The number of carbonyl (C=O) groups excluding carboxylic acids is 2. The predicted octanol–water partition coefficient (Wildman–Crippen LogP) is 2.00. The number of nitro groups is 1. The van der Waals surface area contributed by atoms with Crippen LogP contribution in [0.2, 0.25) is 0 Å². The molecule has 1 aromatic rings. The highest BCUT2D eigenvalue weighted by atomic mass is 32.2. The summed E-state index contributed by atoms with van der Waals surface area (Å²) in [4.78, 5) is 33.7. The van der Waals surface area contributed by atoms with E-state index in [1.807, 2.05) is 6.92 Å². The number of thioether (sulfide) groups is 1. The maximum Gasteiger partial charge on any atom is 0.338 e. The molecule has 0 fully saturated rings. The van der Waals surface area contributed by atoms with Crippen LogP contribution in [0.5, 0.6) is 0 Å². The molecule has 0 aliphatic carbocycles. The van der Waals surface area contributed by atoms with Gasteiger partial charge in [0.2, 0.25) is 5.91 Å². The van der Waals surface area contributed by atoms with Gasteiger partial charge in [0.1, 0.15) is 0 Å². The number of benzene rings is 1. The number of rotatable bonds is 7. The number of methoxy groups -OCH3 is 1. The van der Waals surface area contributed by atoms with Crippen molar-refractivity contribution in [2.24, 2.45) is 0 Å². The van der Waals surface area contributed by atoms with Gasteiger partial charge in [0.25, 0.3) is 5.69 Å². The zero-order chi connectivity index (χ0) is 15.8. The summed E-state index contributed by atoms with van der Waals surface area (Å²) in [5.41, 5.74) is -0.116. The fourth-order valence-corrected chi connectivity index (χ4v) is 2.32. The molecule has 0 radical (unpaired) electrons. The molecule has 21 heavy (non-hydrogen) atoms. The van der Waals surface area contributed by atoms with Crippen molar-refractivity contribution in [3.63, 3.8) is 0 Å². The van der Waals surface area contributed by atoms with Gasteiger partial charge in [-0.15, -0.1) is 11.8 Å². The molecule has 1 amide bonds. The zero-order valence-corrected chi connectivity index (χ0v) is 12.6. The van der Waals surface area contributed by atoms with Crippen molar-refractivity contribution < 1.29 is 19.2 Å². The van der Waals surface area contributed by atoms with Crippen molar-refractivity contribution in [1.82, 2.24) is 5.32 Å². The summed E-state index contributed by atoms with van der Waals surface area (Å²) in [6, 6.07) is 4.03. The van der Waals surface area contributed by atoms with Crippen LogP contribution >= 0.6 is 11.8 Å². The number of ether oxygens (including phenoxy) is 1. The number of amides is 1. The molecule has 0 spiro atoms. The maximum atomic E-state index is 11.5. The van der Waals surface area contributed by atoms with Crippen molar-refractivity contribution in [1.29, 1.82) is 0 Å². The Morgan fingerprint density at radius 2 is 2.14 bits per heavy atom. The van der Waals surface area contributed by atoms with E-state index < -0.39 is 10.9 Å². The SMILES string of the molecule is CCCNC(=O)CSc1ccc(C(=O)OC)cc1[N+](=O)[O-]. The van der Waals surface area contributed by atoms with Gasteiger partial charge in [0, 0.05) is 12.6 Å². The van der Waals surface area contributed by atoms with Crippen LogP contribution in [-0.2, 0) is 9.53 Å². The second kappa shape index (κ2) is 8.25. The standard InChI is InChI=1S/C13H16N2O5S/c1-3-6-14-12(16)8-21-11-5-4-9(13(17)20-2)7-10(11)15(18)19/h4-5,7H,3,6,8H2,1-2H3,(H,14,16). The van der Waals surface area contributed by atoms with E-state index in [4.69, 9.17) is 0 Å².